The predicted octanol–water partition coefficient (Wildman–Crippen LogP) is 0.718. The first kappa shape index (κ1) is 11.2. The smallest absolute Gasteiger partial charge is 0.269 e. The van der Waals surface area contributed by atoms with Crippen LogP contribution >= 0.6 is 10.7 Å². The van der Waals surface area contributed by atoms with Crippen LogP contribution in [0.3, 0.4) is 0 Å². The molecule has 6 heteroatoms. The maximum absolute atomic E-state index is 10.7. The van der Waals surface area contributed by atoms with Crippen molar-refractivity contribution in [2.45, 2.75) is 6.92 Å². The van der Waals surface area contributed by atoms with Crippen molar-refractivity contribution >= 4 is 25.8 Å². The molecule has 0 unspecified atom stereocenters. The second-order valence-electron chi connectivity index (χ2n) is 2.00. The normalized spacial score (nSPS) is 12.3. The van der Waals surface area contributed by atoms with E-state index in [0.29, 0.717) is 5.57 Å². The monoisotopic (exact) mass is 209 g/mol. The molecule has 12 heavy (non-hydrogen) atoms. The molecule has 4 nitrogen and oxygen atoms in total. The molecule has 0 aliphatic carbocycles. The van der Waals surface area contributed by atoms with E-state index in [4.69, 9.17) is 10.7 Å². The van der Waals surface area contributed by atoms with E-state index < -0.39 is 15.1 Å². The summed E-state index contributed by atoms with van der Waals surface area (Å²) in [6.07, 6.45) is 2.49. The van der Waals surface area contributed by atoms with Gasteiger partial charge in [-0.1, -0.05) is 12.7 Å². The number of halogens is 1. The van der Waals surface area contributed by atoms with Gasteiger partial charge in [0, 0.05) is 16.8 Å². The Morgan fingerprint density at radius 2 is 2.08 bits per heavy atom. The molecule has 0 fully saturated rings. The molecule has 0 aromatic carbocycles. The van der Waals surface area contributed by atoms with Crippen molar-refractivity contribution in [1.29, 1.82) is 0 Å². The number of allylic oxidation sites excluding steroid dienone is 2. The van der Waals surface area contributed by atoms with Gasteiger partial charge < -0.3 is 0 Å². The second-order valence-corrected chi connectivity index (χ2v) is 4.30. The van der Waals surface area contributed by atoms with Gasteiger partial charge in [-0.3, -0.25) is 4.79 Å². The van der Waals surface area contributed by atoms with Gasteiger partial charge in [0.05, 0.1) is 0 Å². The minimum absolute atomic E-state index is 0.549. The van der Waals surface area contributed by atoms with Crippen LogP contribution in [0.5, 0.6) is 0 Å². The molecular formula is C6H8ClNO3S. The van der Waals surface area contributed by atoms with Gasteiger partial charge in [0.15, 0.2) is 0 Å². The molecule has 0 atom stereocenters. The fourth-order valence-corrected chi connectivity index (χ4v) is 0.943. The fraction of sp³-hybridized carbons (Fsp3) is 0.167. The molecule has 0 rings (SSSR count). The zero-order valence-corrected chi connectivity index (χ0v) is 7.95. The molecular weight excluding hydrogens is 202 g/mol. The van der Waals surface area contributed by atoms with E-state index in [-0.39, 0.29) is 0 Å². The largest absolute Gasteiger partial charge is 0.321 e. The molecule has 0 aliphatic heterocycles. The van der Waals surface area contributed by atoms with E-state index in [2.05, 4.69) is 6.58 Å². The summed E-state index contributed by atoms with van der Waals surface area (Å²) in [5.74, 6) is -0.789. The van der Waals surface area contributed by atoms with Crippen LogP contribution in [0.1, 0.15) is 6.92 Å². The van der Waals surface area contributed by atoms with Gasteiger partial charge in [-0.15, -0.1) is 0 Å². The first-order valence-electron chi connectivity index (χ1n) is 2.92. The lowest BCUT2D eigenvalue weighted by Crippen LogP contribution is -2.24. The molecule has 0 aromatic rings. The number of hydrogen-bond acceptors (Lipinski definition) is 3. The van der Waals surface area contributed by atoms with Gasteiger partial charge >= 0.3 is 9.24 Å². The first-order chi connectivity index (χ1) is 5.35. The van der Waals surface area contributed by atoms with Crippen LogP contribution in [-0.2, 0) is 14.0 Å². The lowest BCUT2D eigenvalue weighted by molar-refractivity contribution is -0.114. The van der Waals surface area contributed by atoms with E-state index in [1.807, 2.05) is 0 Å². The number of carbonyl (C=O) groups excluding carboxylic acids is 1. The van der Waals surface area contributed by atoms with Crippen LogP contribution in [0.4, 0.5) is 0 Å². The van der Waals surface area contributed by atoms with Crippen LogP contribution in [0.2, 0.25) is 0 Å². The molecule has 1 amide bonds. The van der Waals surface area contributed by atoms with Crippen molar-refractivity contribution in [3.63, 3.8) is 0 Å². The summed E-state index contributed by atoms with van der Waals surface area (Å²) in [5.41, 5.74) is 0.549. The Morgan fingerprint density at radius 3 is 2.42 bits per heavy atom. The zero-order valence-electron chi connectivity index (χ0n) is 6.37. The van der Waals surface area contributed by atoms with Crippen LogP contribution < -0.4 is 4.72 Å². The average molecular weight is 210 g/mol. The third-order valence-electron chi connectivity index (χ3n) is 0.903. The Labute approximate surface area is 75.5 Å². The third kappa shape index (κ3) is 5.94. The van der Waals surface area contributed by atoms with Crippen molar-refractivity contribution in [3.05, 3.63) is 24.3 Å². The third-order valence-corrected chi connectivity index (χ3v) is 1.58. The van der Waals surface area contributed by atoms with E-state index >= 15 is 0 Å². The quantitative estimate of drug-likeness (QED) is 0.423. The summed E-state index contributed by atoms with van der Waals surface area (Å²) >= 11 is 0. The van der Waals surface area contributed by atoms with Crippen LogP contribution in [0.25, 0.3) is 0 Å². The predicted molar refractivity (Wildman–Crippen MR) is 46.9 cm³/mol. The van der Waals surface area contributed by atoms with Gasteiger partial charge in [-0.05, 0) is 12.5 Å². The number of rotatable bonds is 3. The lowest BCUT2D eigenvalue weighted by atomic mass is 10.3. The number of carbonyl (C=O) groups is 1. The highest BCUT2D eigenvalue weighted by atomic mass is 35.7. The highest BCUT2D eigenvalue weighted by molar-refractivity contribution is 8.12. The standard InChI is InChI=1S/C6H8ClNO3S/c1-3-5(2)4-6(9)8-12(7,10)11/h3-4H,1H2,2H3,(H,8,9)/b5-4-. The summed E-state index contributed by atoms with van der Waals surface area (Å²) in [5, 5.41) is 0. The number of amides is 1. The van der Waals surface area contributed by atoms with Gasteiger partial charge in [0.25, 0.3) is 5.91 Å². The van der Waals surface area contributed by atoms with Gasteiger partial charge in [-0.25, -0.2) is 4.72 Å². The maximum Gasteiger partial charge on any atom is 0.321 e. The summed E-state index contributed by atoms with van der Waals surface area (Å²) in [4.78, 5) is 10.7. The molecule has 0 spiro atoms. The molecule has 68 valence electrons. The van der Waals surface area contributed by atoms with E-state index in [9.17, 15) is 13.2 Å². The van der Waals surface area contributed by atoms with Crippen molar-refractivity contribution < 1.29 is 13.2 Å². The Hall–Kier alpha value is -0.810. The summed E-state index contributed by atoms with van der Waals surface area (Å²) in [6, 6.07) is 0. The molecule has 0 aliphatic rings. The Morgan fingerprint density at radius 1 is 1.58 bits per heavy atom. The summed E-state index contributed by atoms with van der Waals surface area (Å²) < 4.78 is 22.1. The van der Waals surface area contributed by atoms with E-state index in [1.54, 1.807) is 11.6 Å². The highest BCUT2D eigenvalue weighted by Crippen LogP contribution is 1.94. The summed E-state index contributed by atoms with van der Waals surface area (Å²) in [7, 11) is 0.756. The first-order valence-corrected chi connectivity index (χ1v) is 5.23. The van der Waals surface area contributed by atoms with Gasteiger partial charge in [-0.2, -0.15) is 8.42 Å². The molecule has 0 bridgehead atoms. The second kappa shape index (κ2) is 4.27. The van der Waals surface area contributed by atoms with Crippen molar-refractivity contribution in [2.75, 3.05) is 0 Å². The van der Waals surface area contributed by atoms with Crippen molar-refractivity contribution in [2.24, 2.45) is 0 Å². The molecule has 0 saturated carbocycles. The molecule has 0 radical (unpaired) electrons. The van der Waals surface area contributed by atoms with Crippen molar-refractivity contribution in [1.82, 2.24) is 4.72 Å². The lowest BCUT2D eigenvalue weighted by Gasteiger charge is -1.95. The van der Waals surface area contributed by atoms with Gasteiger partial charge in [0.1, 0.15) is 0 Å². The minimum Gasteiger partial charge on any atom is -0.269 e. The molecule has 1 N–H and O–H groups in total. The van der Waals surface area contributed by atoms with E-state index in [0.717, 1.165) is 6.08 Å². The average Bonchev–Trinajstić information content (AvgIpc) is 1.82. The minimum atomic E-state index is -3.98. The Kier molecular flexibility index (Phi) is 3.99. The van der Waals surface area contributed by atoms with Gasteiger partial charge in [0.2, 0.25) is 0 Å². The van der Waals surface area contributed by atoms with Crippen LogP contribution in [-0.4, -0.2) is 14.3 Å². The number of nitrogens with one attached hydrogen (secondary N) is 1. The molecule has 0 aromatic heterocycles. The topological polar surface area (TPSA) is 63.2 Å². The fourth-order valence-electron chi connectivity index (χ4n) is 0.415. The Bertz CT molecular complexity index is 318. The summed E-state index contributed by atoms with van der Waals surface area (Å²) in [6.45, 7) is 4.98. The molecule has 0 heterocycles. The molecule has 0 saturated heterocycles. The maximum atomic E-state index is 10.7. The van der Waals surface area contributed by atoms with Crippen LogP contribution in [0.15, 0.2) is 24.3 Å². The SMILES string of the molecule is C=C/C(C)=C\C(=O)NS(=O)(=O)Cl. The van der Waals surface area contributed by atoms with Crippen LogP contribution in [0, 0.1) is 0 Å². The Balaban J connectivity index is 4.37. The highest BCUT2D eigenvalue weighted by Gasteiger charge is 2.06. The number of hydrogen-bond donors (Lipinski definition) is 1. The zero-order chi connectivity index (χ0) is 9.78. The van der Waals surface area contributed by atoms with Crippen molar-refractivity contribution in [3.8, 4) is 0 Å². The van der Waals surface area contributed by atoms with E-state index in [1.165, 1.54) is 6.08 Å².